The number of hydrogen-bond acceptors (Lipinski definition) is 8. The SMILES string of the molecule is CC(=O)CS(=O)(=O)N[C@H]1CCCc2c(-c3nnc(-c4ccc(OC(C)C)c(C#N)c4)s3)cccc21. The molecule has 0 bridgehead atoms. The normalized spacial score (nSPS) is 15.5. The number of nitrogens with zero attached hydrogens (tertiary/aromatic N) is 3. The highest BCUT2D eigenvalue weighted by Crippen LogP contribution is 2.39. The van der Waals surface area contributed by atoms with Crippen molar-refractivity contribution in [2.24, 2.45) is 0 Å². The number of hydrogen-bond donors (Lipinski definition) is 1. The third-order valence-corrected chi connectivity index (χ3v) is 8.02. The standard InChI is InChI=1S/C25H26N4O4S2/c1-15(2)33-23-11-10-17(12-18(23)13-26)24-27-28-25(34-24)21-8-4-7-20-19(21)6-5-9-22(20)29-35(31,32)14-16(3)30/h4,7-8,10-12,15,22,29H,5-6,9,14H2,1-3H3/t22-/m0/s1. The Morgan fingerprint density at radius 1 is 1.26 bits per heavy atom. The molecule has 0 aliphatic heterocycles. The van der Waals surface area contributed by atoms with E-state index in [-0.39, 0.29) is 12.1 Å². The van der Waals surface area contributed by atoms with Gasteiger partial charge in [-0.3, -0.25) is 4.79 Å². The lowest BCUT2D eigenvalue weighted by Crippen LogP contribution is -2.34. The average Bonchev–Trinajstić information content (AvgIpc) is 3.28. The van der Waals surface area contributed by atoms with Crippen molar-refractivity contribution in [3.8, 4) is 33.0 Å². The van der Waals surface area contributed by atoms with E-state index in [4.69, 9.17) is 4.74 Å². The first kappa shape index (κ1) is 25.0. The van der Waals surface area contributed by atoms with Crippen LogP contribution in [0.25, 0.3) is 21.1 Å². The van der Waals surface area contributed by atoms with Gasteiger partial charge >= 0.3 is 0 Å². The second-order valence-electron chi connectivity index (χ2n) is 8.80. The summed E-state index contributed by atoms with van der Waals surface area (Å²) < 4.78 is 33.2. The number of aromatic nitrogens is 2. The van der Waals surface area contributed by atoms with Gasteiger partial charge in [-0.15, -0.1) is 10.2 Å². The quantitative estimate of drug-likeness (QED) is 0.476. The summed E-state index contributed by atoms with van der Waals surface area (Å²) in [5.74, 6) is -0.386. The first-order chi connectivity index (χ1) is 16.7. The molecule has 0 unspecified atom stereocenters. The number of rotatable bonds is 8. The smallest absolute Gasteiger partial charge is 0.219 e. The minimum absolute atomic E-state index is 0.0406. The molecule has 1 N–H and O–H groups in total. The highest BCUT2D eigenvalue weighted by atomic mass is 32.2. The topological polar surface area (TPSA) is 122 Å². The van der Waals surface area contributed by atoms with Crippen molar-refractivity contribution in [2.45, 2.75) is 52.2 Å². The Morgan fingerprint density at radius 3 is 2.74 bits per heavy atom. The summed E-state index contributed by atoms with van der Waals surface area (Å²) in [5, 5.41) is 19.7. The minimum atomic E-state index is -3.71. The molecule has 0 fully saturated rings. The first-order valence-electron chi connectivity index (χ1n) is 11.3. The summed E-state index contributed by atoms with van der Waals surface area (Å²) in [7, 11) is -3.71. The number of fused-ring (bicyclic) bond motifs is 1. The lowest BCUT2D eigenvalue weighted by atomic mass is 9.85. The van der Waals surface area contributed by atoms with Gasteiger partial charge in [-0.2, -0.15) is 5.26 Å². The second-order valence-corrected chi connectivity index (χ2v) is 11.5. The molecule has 8 nitrogen and oxygen atoms in total. The molecule has 1 aliphatic carbocycles. The highest BCUT2D eigenvalue weighted by Gasteiger charge is 2.28. The molecule has 0 saturated heterocycles. The summed E-state index contributed by atoms with van der Waals surface area (Å²) in [4.78, 5) is 11.4. The molecule has 1 heterocycles. The number of Topliss-reactive ketones (excluding diaryl/α,β-unsaturated/α-hetero) is 1. The minimum Gasteiger partial charge on any atom is -0.490 e. The monoisotopic (exact) mass is 510 g/mol. The van der Waals surface area contributed by atoms with Crippen LogP contribution in [0.5, 0.6) is 5.75 Å². The lowest BCUT2D eigenvalue weighted by molar-refractivity contribution is -0.114. The number of nitrogens with one attached hydrogen (secondary N) is 1. The van der Waals surface area contributed by atoms with Crippen molar-refractivity contribution in [3.05, 3.63) is 53.1 Å². The molecule has 35 heavy (non-hydrogen) atoms. The van der Waals surface area contributed by atoms with Crippen LogP contribution in [0.3, 0.4) is 0 Å². The Morgan fingerprint density at radius 2 is 2.03 bits per heavy atom. The second kappa shape index (κ2) is 10.2. The molecular weight excluding hydrogens is 484 g/mol. The van der Waals surface area contributed by atoms with Gasteiger partial charge in [0.1, 0.15) is 33.4 Å². The van der Waals surface area contributed by atoms with Gasteiger partial charge in [0.2, 0.25) is 10.0 Å². The molecule has 0 amide bonds. The molecule has 10 heteroatoms. The zero-order valence-electron chi connectivity index (χ0n) is 19.7. The molecule has 182 valence electrons. The van der Waals surface area contributed by atoms with Crippen molar-refractivity contribution in [2.75, 3.05) is 5.75 Å². The Hall–Kier alpha value is -3.13. The molecule has 0 radical (unpaired) electrons. The number of nitriles is 1. The van der Waals surface area contributed by atoms with Crippen LogP contribution in [-0.2, 0) is 21.2 Å². The number of carbonyl (C=O) groups is 1. The number of ether oxygens (including phenoxy) is 1. The van der Waals surface area contributed by atoms with E-state index in [1.807, 2.05) is 38.1 Å². The van der Waals surface area contributed by atoms with E-state index < -0.39 is 21.6 Å². The molecule has 3 aromatic rings. The zero-order valence-corrected chi connectivity index (χ0v) is 21.4. The van der Waals surface area contributed by atoms with Crippen molar-refractivity contribution in [3.63, 3.8) is 0 Å². The predicted octanol–water partition coefficient (Wildman–Crippen LogP) is 4.42. The number of sulfonamides is 1. The van der Waals surface area contributed by atoms with Gasteiger partial charge in [-0.05, 0) is 69.4 Å². The molecular formula is C25H26N4O4S2. The van der Waals surface area contributed by atoms with E-state index in [1.165, 1.54) is 18.3 Å². The van der Waals surface area contributed by atoms with Crippen LogP contribution < -0.4 is 9.46 Å². The highest BCUT2D eigenvalue weighted by molar-refractivity contribution is 7.90. The zero-order chi connectivity index (χ0) is 25.2. The Balaban J connectivity index is 1.65. The van der Waals surface area contributed by atoms with Crippen molar-refractivity contribution in [1.29, 1.82) is 5.26 Å². The van der Waals surface area contributed by atoms with Crippen molar-refractivity contribution in [1.82, 2.24) is 14.9 Å². The third kappa shape index (κ3) is 5.75. The van der Waals surface area contributed by atoms with Gasteiger partial charge in [0.05, 0.1) is 11.7 Å². The van der Waals surface area contributed by atoms with Crippen LogP contribution >= 0.6 is 11.3 Å². The summed E-state index contributed by atoms with van der Waals surface area (Å²) in [6, 6.07) is 13.0. The summed E-state index contributed by atoms with van der Waals surface area (Å²) in [5.41, 5.74) is 4.07. The van der Waals surface area contributed by atoms with E-state index in [2.05, 4.69) is 21.0 Å². The van der Waals surface area contributed by atoms with Gasteiger partial charge in [0.15, 0.2) is 0 Å². The van der Waals surface area contributed by atoms with Crippen molar-refractivity contribution >= 4 is 27.1 Å². The Kier molecular flexibility index (Phi) is 7.31. The predicted molar refractivity (Wildman–Crippen MR) is 135 cm³/mol. The van der Waals surface area contributed by atoms with E-state index in [9.17, 15) is 18.5 Å². The van der Waals surface area contributed by atoms with Crippen LogP contribution in [0.15, 0.2) is 36.4 Å². The van der Waals surface area contributed by atoms with Gasteiger partial charge in [0.25, 0.3) is 0 Å². The summed E-state index contributed by atoms with van der Waals surface area (Å²) in [6.45, 7) is 5.08. The molecule has 1 atom stereocenters. The van der Waals surface area contributed by atoms with Crippen LogP contribution in [0.4, 0.5) is 0 Å². The summed E-state index contributed by atoms with van der Waals surface area (Å²) in [6.07, 6.45) is 2.23. The van der Waals surface area contributed by atoms with Crippen LogP contribution in [0.2, 0.25) is 0 Å². The van der Waals surface area contributed by atoms with Crippen LogP contribution in [0.1, 0.15) is 56.3 Å². The van der Waals surface area contributed by atoms with E-state index in [0.717, 1.165) is 40.1 Å². The number of carbonyl (C=O) groups excluding carboxylic acids is 1. The maximum Gasteiger partial charge on any atom is 0.219 e. The van der Waals surface area contributed by atoms with Gasteiger partial charge in [-0.25, -0.2) is 13.1 Å². The Labute approximate surface area is 209 Å². The van der Waals surface area contributed by atoms with Gasteiger partial charge in [0, 0.05) is 17.2 Å². The number of ketones is 1. The first-order valence-corrected chi connectivity index (χ1v) is 13.8. The van der Waals surface area contributed by atoms with Crippen LogP contribution in [0, 0.1) is 11.3 Å². The lowest BCUT2D eigenvalue weighted by Gasteiger charge is -2.27. The average molecular weight is 511 g/mol. The molecule has 1 aromatic heterocycles. The summed E-state index contributed by atoms with van der Waals surface area (Å²) >= 11 is 1.42. The molecule has 4 rings (SSSR count). The van der Waals surface area contributed by atoms with Crippen molar-refractivity contribution < 1.29 is 17.9 Å². The fourth-order valence-electron chi connectivity index (χ4n) is 4.25. The molecule has 0 spiro atoms. The van der Waals surface area contributed by atoms with Crippen LogP contribution in [-0.4, -0.2) is 36.3 Å². The maximum atomic E-state index is 12.4. The fraction of sp³-hybridized carbons (Fsp3) is 0.360. The number of benzene rings is 2. The van der Waals surface area contributed by atoms with Gasteiger partial charge in [-0.1, -0.05) is 29.5 Å². The Bertz CT molecular complexity index is 1410. The van der Waals surface area contributed by atoms with Gasteiger partial charge < -0.3 is 4.74 Å². The molecule has 2 aromatic carbocycles. The maximum absolute atomic E-state index is 12.4. The largest absolute Gasteiger partial charge is 0.490 e. The van der Waals surface area contributed by atoms with E-state index >= 15 is 0 Å². The van der Waals surface area contributed by atoms with E-state index in [0.29, 0.717) is 22.7 Å². The molecule has 0 saturated carbocycles. The van der Waals surface area contributed by atoms with E-state index in [1.54, 1.807) is 12.1 Å². The third-order valence-electron chi connectivity index (χ3n) is 5.59. The fourth-order valence-corrected chi connectivity index (χ4v) is 6.44. The molecule has 1 aliphatic rings.